The number of amides is 1. The van der Waals surface area contributed by atoms with Crippen LogP contribution < -0.4 is 14.8 Å². The fraction of sp³-hybridized carbons (Fsp3) is 0.227. The Bertz CT molecular complexity index is 984. The molecule has 1 amide bonds. The molecule has 0 radical (unpaired) electrons. The molecule has 0 aliphatic rings. The third-order valence-corrected chi connectivity index (χ3v) is 4.77. The molecule has 0 saturated heterocycles. The van der Waals surface area contributed by atoms with Crippen LogP contribution in [-0.4, -0.2) is 29.1 Å². The van der Waals surface area contributed by atoms with Crippen molar-refractivity contribution in [2.75, 3.05) is 7.11 Å². The van der Waals surface area contributed by atoms with Crippen LogP contribution >= 0.6 is 11.3 Å². The number of nitrogens with one attached hydrogen (secondary N) is 1. The number of hydrogen-bond acceptors (Lipinski definition) is 6. The number of methoxy groups -OCH3 is 1. The monoisotopic (exact) mass is 409 g/mol. The van der Waals surface area contributed by atoms with E-state index >= 15 is 0 Å². The molecule has 6 nitrogen and oxygen atoms in total. The van der Waals surface area contributed by atoms with E-state index in [1.807, 2.05) is 49.6 Å². The number of ether oxygens (including phenoxy) is 2. The van der Waals surface area contributed by atoms with E-state index < -0.39 is 0 Å². The number of carbonyl (C=O) groups is 1. The van der Waals surface area contributed by atoms with Crippen LogP contribution in [0.5, 0.6) is 11.5 Å². The number of aromatic nitrogens is 2. The van der Waals surface area contributed by atoms with E-state index in [-0.39, 0.29) is 12.0 Å². The van der Waals surface area contributed by atoms with Crippen molar-refractivity contribution >= 4 is 23.3 Å². The van der Waals surface area contributed by atoms with Gasteiger partial charge in [0.1, 0.15) is 5.01 Å². The first kappa shape index (κ1) is 20.5. The van der Waals surface area contributed by atoms with Gasteiger partial charge in [0.2, 0.25) is 5.91 Å². The maximum Gasteiger partial charge on any atom is 0.244 e. The number of benzene rings is 1. The van der Waals surface area contributed by atoms with Crippen molar-refractivity contribution in [1.29, 1.82) is 0 Å². The highest BCUT2D eigenvalue weighted by Crippen LogP contribution is 2.29. The Balaban J connectivity index is 1.57. The first-order valence-electron chi connectivity index (χ1n) is 9.20. The number of pyridine rings is 1. The van der Waals surface area contributed by atoms with Gasteiger partial charge >= 0.3 is 0 Å². The zero-order chi connectivity index (χ0) is 20.6. The summed E-state index contributed by atoms with van der Waals surface area (Å²) in [4.78, 5) is 20.7. The fourth-order valence-electron chi connectivity index (χ4n) is 2.58. The molecule has 29 heavy (non-hydrogen) atoms. The van der Waals surface area contributed by atoms with E-state index in [0.717, 1.165) is 21.8 Å². The van der Waals surface area contributed by atoms with E-state index in [2.05, 4.69) is 15.3 Å². The Morgan fingerprint density at radius 1 is 1.21 bits per heavy atom. The van der Waals surface area contributed by atoms with E-state index in [9.17, 15) is 4.79 Å². The molecule has 1 N–H and O–H groups in total. The van der Waals surface area contributed by atoms with Crippen molar-refractivity contribution < 1.29 is 14.3 Å². The molecule has 7 heteroatoms. The summed E-state index contributed by atoms with van der Waals surface area (Å²) in [5.41, 5.74) is 2.74. The van der Waals surface area contributed by atoms with Gasteiger partial charge in [0.05, 0.1) is 25.5 Å². The Labute approximate surface area is 174 Å². The van der Waals surface area contributed by atoms with Crippen molar-refractivity contribution in [3.8, 4) is 22.8 Å². The lowest BCUT2D eigenvalue weighted by Gasteiger charge is -2.13. The topological polar surface area (TPSA) is 73.3 Å². The van der Waals surface area contributed by atoms with Crippen LogP contribution in [0.25, 0.3) is 17.3 Å². The average Bonchev–Trinajstić information content (AvgIpc) is 3.21. The molecule has 0 aliphatic carbocycles. The number of nitrogens with zero attached hydrogens (tertiary/aromatic N) is 2. The fourth-order valence-corrected chi connectivity index (χ4v) is 3.32. The average molecular weight is 410 g/mol. The molecule has 0 atom stereocenters. The first-order valence-corrected chi connectivity index (χ1v) is 10.1. The van der Waals surface area contributed by atoms with E-state index in [1.54, 1.807) is 25.6 Å². The van der Waals surface area contributed by atoms with Crippen LogP contribution in [0.3, 0.4) is 0 Å². The SMILES string of the molecule is COc1cc(/C=C/C(=O)NCc2nc(-c3ccncc3)cs2)ccc1OC(C)C. The summed E-state index contributed by atoms with van der Waals surface area (Å²) in [5.74, 6) is 1.12. The third-order valence-electron chi connectivity index (χ3n) is 3.92. The summed E-state index contributed by atoms with van der Waals surface area (Å²) in [6, 6.07) is 9.37. The third kappa shape index (κ3) is 5.89. The summed E-state index contributed by atoms with van der Waals surface area (Å²) < 4.78 is 11.1. The maximum atomic E-state index is 12.1. The zero-order valence-corrected chi connectivity index (χ0v) is 17.4. The molecule has 150 valence electrons. The minimum absolute atomic E-state index is 0.0565. The molecule has 0 bridgehead atoms. The lowest BCUT2D eigenvalue weighted by atomic mass is 10.2. The molecule has 2 heterocycles. The predicted molar refractivity (Wildman–Crippen MR) is 115 cm³/mol. The number of rotatable bonds is 8. The maximum absolute atomic E-state index is 12.1. The Kier molecular flexibility index (Phi) is 6.97. The zero-order valence-electron chi connectivity index (χ0n) is 16.6. The standard InChI is InChI=1S/C22H23N3O3S/c1-15(2)28-19-6-4-16(12-20(19)27-3)5-7-21(26)24-13-22-25-18(14-29-22)17-8-10-23-11-9-17/h4-12,14-15H,13H2,1-3H3,(H,24,26)/b7-5+. The summed E-state index contributed by atoms with van der Waals surface area (Å²) in [5, 5.41) is 5.67. The van der Waals surface area contributed by atoms with Gasteiger partial charge in [-0.05, 0) is 49.8 Å². The van der Waals surface area contributed by atoms with Gasteiger partial charge in [0, 0.05) is 29.4 Å². The van der Waals surface area contributed by atoms with Crippen molar-refractivity contribution in [1.82, 2.24) is 15.3 Å². The molecule has 0 spiro atoms. The summed E-state index contributed by atoms with van der Waals surface area (Å²) in [6.07, 6.45) is 6.76. The molecule has 0 fully saturated rings. The molecule has 1 aromatic carbocycles. The second-order valence-corrected chi connectivity index (χ2v) is 7.43. The highest BCUT2D eigenvalue weighted by Gasteiger charge is 2.08. The highest BCUT2D eigenvalue weighted by atomic mass is 32.1. The minimum Gasteiger partial charge on any atom is -0.493 e. The normalized spacial score (nSPS) is 11.0. The van der Waals surface area contributed by atoms with Crippen LogP contribution in [0.1, 0.15) is 24.4 Å². The lowest BCUT2D eigenvalue weighted by molar-refractivity contribution is -0.116. The van der Waals surface area contributed by atoms with Crippen molar-refractivity contribution in [2.45, 2.75) is 26.5 Å². The molecular formula is C22H23N3O3S. The Morgan fingerprint density at radius 2 is 2.00 bits per heavy atom. The number of hydrogen-bond donors (Lipinski definition) is 1. The van der Waals surface area contributed by atoms with Gasteiger partial charge in [-0.3, -0.25) is 9.78 Å². The largest absolute Gasteiger partial charge is 0.493 e. The van der Waals surface area contributed by atoms with Crippen LogP contribution in [0.2, 0.25) is 0 Å². The quantitative estimate of drug-likeness (QED) is 0.561. The van der Waals surface area contributed by atoms with E-state index in [1.165, 1.54) is 17.4 Å². The molecule has 3 aromatic rings. The summed E-state index contributed by atoms with van der Waals surface area (Å²) in [7, 11) is 1.59. The van der Waals surface area contributed by atoms with E-state index in [4.69, 9.17) is 9.47 Å². The van der Waals surface area contributed by atoms with Crippen LogP contribution in [0, 0.1) is 0 Å². The second kappa shape index (κ2) is 9.84. The van der Waals surface area contributed by atoms with Gasteiger partial charge in [-0.25, -0.2) is 4.98 Å². The predicted octanol–water partition coefficient (Wildman–Crippen LogP) is 4.33. The molecule has 0 aliphatic heterocycles. The van der Waals surface area contributed by atoms with Gasteiger partial charge in [0.25, 0.3) is 0 Å². The summed E-state index contributed by atoms with van der Waals surface area (Å²) >= 11 is 1.51. The molecule has 0 saturated carbocycles. The van der Waals surface area contributed by atoms with Crippen molar-refractivity contribution in [2.24, 2.45) is 0 Å². The number of thiazole rings is 1. The van der Waals surface area contributed by atoms with Crippen molar-refractivity contribution in [3.63, 3.8) is 0 Å². The van der Waals surface area contributed by atoms with Crippen LogP contribution in [-0.2, 0) is 11.3 Å². The van der Waals surface area contributed by atoms with Gasteiger partial charge in [0.15, 0.2) is 11.5 Å². The Morgan fingerprint density at radius 3 is 2.72 bits per heavy atom. The highest BCUT2D eigenvalue weighted by molar-refractivity contribution is 7.09. The summed E-state index contributed by atoms with van der Waals surface area (Å²) in [6.45, 7) is 4.30. The Hall–Kier alpha value is -3.19. The smallest absolute Gasteiger partial charge is 0.244 e. The van der Waals surface area contributed by atoms with Gasteiger partial charge in [-0.15, -0.1) is 11.3 Å². The molecular weight excluding hydrogens is 386 g/mol. The number of carbonyl (C=O) groups excluding carboxylic acids is 1. The van der Waals surface area contributed by atoms with Crippen LogP contribution in [0.15, 0.2) is 54.2 Å². The van der Waals surface area contributed by atoms with Crippen molar-refractivity contribution in [3.05, 3.63) is 64.8 Å². The second-order valence-electron chi connectivity index (χ2n) is 6.49. The van der Waals surface area contributed by atoms with Gasteiger partial charge < -0.3 is 14.8 Å². The molecule has 0 unspecified atom stereocenters. The van der Waals surface area contributed by atoms with Gasteiger partial charge in [-0.1, -0.05) is 6.07 Å². The van der Waals surface area contributed by atoms with Crippen LogP contribution in [0.4, 0.5) is 0 Å². The molecule has 3 rings (SSSR count). The molecule has 2 aromatic heterocycles. The lowest BCUT2D eigenvalue weighted by Crippen LogP contribution is -2.20. The van der Waals surface area contributed by atoms with E-state index in [0.29, 0.717) is 18.0 Å². The first-order chi connectivity index (χ1) is 14.0. The van der Waals surface area contributed by atoms with Gasteiger partial charge in [-0.2, -0.15) is 0 Å². The minimum atomic E-state index is -0.188.